The topological polar surface area (TPSA) is 65.6 Å². The van der Waals surface area contributed by atoms with Crippen molar-refractivity contribution in [3.63, 3.8) is 0 Å². The van der Waals surface area contributed by atoms with Gasteiger partial charge in [0, 0.05) is 44.3 Å². The SMILES string of the molecule is [2H]C1([2H])N(C(=O)OC(C)(C)C)C([2H])([2H])C([2H])([2H])N(c2cc(=O)cc[nH]2)C1([2H])[2H]. The Morgan fingerprint density at radius 2 is 2.00 bits per heavy atom. The van der Waals surface area contributed by atoms with E-state index in [1.807, 2.05) is 0 Å². The number of nitrogens with one attached hydrogen (secondary N) is 1. The van der Waals surface area contributed by atoms with Crippen LogP contribution in [0.1, 0.15) is 31.7 Å². The lowest BCUT2D eigenvalue weighted by molar-refractivity contribution is 0.0240. The summed E-state index contributed by atoms with van der Waals surface area (Å²) >= 11 is 0. The number of hydrogen-bond donors (Lipinski definition) is 1. The molecule has 2 rings (SSSR count). The molecule has 1 fully saturated rings. The van der Waals surface area contributed by atoms with Gasteiger partial charge in [0.25, 0.3) is 0 Å². The van der Waals surface area contributed by atoms with E-state index in [1.165, 1.54) is 20.8 Å². The monoisotopic (exact) mass is 287 g/mol. The maximum atomic E-state index is 12.5. The van der Waals surface area contributed by atoms with E-state index in [0.29, 0.717) is 0 Å². The second kappa shape index (κ2) is 5.56. The molecule has 0 aromatic carbocycles. The van der Waals surface area contributed by atoms with Crippen LogP contribution in [-0.2, 0) is 4.74 Å². The van der Waals surface area contributed by atoms with E-state index in [4.69, 9.17) is 15.7 Å². The van der Waals surface area contributed by atoms with Crippen LogP contribution >= 0.6 is 0 Å². The molecule has 1 aliphatic rings. The fourth-order valence-electron chi connectivity index (χ4n) is 1.34. The van der Waals surface area contributed by atoms with Gasteiger partial charge in [0.1, 0.15) is 11.4 Å². The maximum absolute atomic E-state index is 12.5. The molecule has 0 atom stereocenters. The van der Waals surface area contributed by atoms with Crippen LogP contribution < -0.4 is 10.3 Å². The Bertz CT molecular complexity index is 806. The summed E-state index contributed by atoms with van der Waals surface area (Å²) in [5.74, 6) is -0.487. The molecule has 1 aromatic heterocycles. The van der Waals surface area contributed by atoms with Gasteiger partial charge in [-0.25, -0.2) is 4.79 Å². The third kappa shape index (κ3) is 3.76. The van der Waals surface area contributed by atoms with Gasteiger partial charge < -0.3 is 19.5 Å². The Balaban J connectivity index is 2.72. The number of carbonyl (C=O) groups excluding carboxylic acids is 1. The highest BCUT2D eigenvalue weighted by atomic mass is 16.6. The minimum Gasteiger partial charge on any atom is -0.444 e. The van der Waals surface area contributed by atoms with Crippen LogP contribution in [0.3, 0.4) is 0 Å². The van der Waals surface area contributed by atoms with Gasteiger partial charge in [0.15, 0.2) is 5.43 Å². The molecule has 0 unspecified atom stereocenters. The molecule has 0 saturated carbocycles. The molecule has 2 heterocycles. The zero-order valence-electron chi connectivity index (χ0n) is 19.4. The Morgan fingerprint density at radius 1 is 1.35 bits per heavy atom. The van der Waals surface area contributed by atoms with Crippen molar-refractivity contribution in [1.82, 2.24) is 9.88 Å². The maximum Gasteiger partial charge on any atom is 0.410 e. The molecule has 0 bridgehead atoms. The fourth-order valence-corrected chi connectivity index (χ4v) is 1.34. The molecule has 0 aliphatic carbocycles. The van der Waals surface area contributed by atoms with Gasteiger partial charge in [-0.1, -0.05) is 0 Å². The Hall–Kier alpha value is -1.98. The lowest BCUT2D eigenvalue weighted by Crippen LogP contribution is -2.50. The van der Waals surface area contributed by atoms with Gasteiger partial charge in [-0.15, -0.1) is 0 Å². The number of hydrogen-bond acceptors (Lipinski definition) is 4. The van der Waals surface area contributed by atoms with E-state index >= 15 is 0 Å². The quantitative estimate of drug-likeness (QED) is 0.848. The number of ether oxygens (including phenoxy) is 1. The highest BCUT2D eigenvalue weighted by Crippen LogP contribution is 2.14. The highest BCUT2D eigenvalue weighted by molar-refractivity contribution is 5.68. The second-order valence-electron chi connectivity index (χ2n) is 5.01. The number of amides is 1. The lowest BCUT2D eigenvalue weighted by atomic mass is 10.2. The summed E-state index contributed by atoms with van der Waals surface area (Å²) in [5, 5.41) is 0. The molecule has 1 N–H and O–H groups in total. The van der Waals surface area contributed by atoms with Crippen LogP contribution in [0.4, 0.5) is 10.6 Å². The number of anilines is 1. The molecule has 1 saturated heterocycles. The van der Waals surface area contributed by atoms with E-state index < -0.39 is 48.9 Å². The van der Waals surface area contributed by atoms with Crippen molar-refractivity contribution in [3.8, 4) is 0 Å². The van der Waals surface area contributed by atoms with Gasteiger partial charge in [-0.2, -0.15) is 0 Å². The molecule has 20 heavy (non-hydrogen) atoms. The summed E-state index contributed by atoms with van der Waals surface area (Å²) < 4.78 is 70.5. The van der Waals surface area contributed by atoms with Crippen LogP contribution in [0.25, 0.3) is 0 Å². The molecular formula is C14H21N3O3. The zero-order valence-corrected chi connectivity index (χ0v) is 11.4. The van der Waals surface area contributed by atoms with Gasteiger partial charge in [-0.05, 0) is 20.8 Å². The molecule has 0 spiro atoms. The molecule has 1 aliphatic heterocycles. The summed E-state index contributed by atoms with van der Waals surface area (Å²) in [6.45, 7) is -8.99. The van der Waals surface area contributed by atoms with Gasteiger partial charge in [0.2, 0.25) is 0 Å². The third-order valence-corrected chi connectivity index (χ3v) is 2.12. The van der Waals surface area contributed by atoms with Crippen molar-refractivity contribution in [3.05, 3.63) is 28.6 Å². The molecule has 6 nitrogen and oxygen atoms in total. The molecule has 6 heteroatoms. The first kappa shape index (κ1) is 7.15. The van der Waals surface area contributed by atoms with Crippen LogP contribution in [0.15, 0.2) is 23.1 Å². The first-order valence-corrected chi connectivity index (χ1v) is 5.90. The van der Waals surface area contributed by atoms with Gasteiger partial charge >= 0.3 is 6.09 Å². The van der Waals surface area contributed by atoms with Gasteiger partial charge in [0.05, 0.1) is 11.0 Å². The normalized spacial score (nSPS) is 32.1. The molecule has 1 aromatic rings. The summed E-state index contributed by atoms with van der Waals surface area (Å²) in [6, 6.07) is 1.89. The van der Waals surface area contributed by atoms with Crippen molar-refractivity contribution in [2.24, 2.45) is 0 Å². The average molecular weight is 287 g/mol. The molecule has 110 valence electrons. The predicted molar refractivity (Wildman–Crippen MR) is 77.1 cm³/mol. The average Bonchev–Trinajstić information content (AvgIpc) is 2.42. The van der Waals surface area contributed by atoms with Crippen molar-refractivity contribution in [1.29, 1.82) is 0 Å². The van der Waals surface area contributed by atoms with Crippen molar-refractivity contribution < 1.29 is 20.5 Å². The Labute approximate surface area is 129 Å². The van der Waals surface area contributed by atoms with Crippen molar-refractivity contribution in [2.75, 3.05) is 30.9 Å². The van der Waals surface area contributed by atoms with E-state index in [9.17, 15) is 9.59 Å². The van der Waals surface area contributed by atoms with E-state index in [1.54, 1.807) is 0 Å². The van der Waals surface area contributed by atoms with Gasteiger partial charge in [-0.3, -0.25) is 4.79 Å². The molecular weight excluding hydrogens is 258 g/mol. The minimum atomic E-state index is -3.38. The number of piperazine rings is 1. The first-order valence-electron chi connectivity index (χ1n) is 9.90. The van der Waals surface area contributed by atoms with E-state index in [-0.39, 0.29) is 9.80 Å². The third-order valence-electron chi connectivity index (χ3n) is 2.12. The minimum absolute atomic E-state index is 0.155. The van der Waals surface area contributed by atoms with Crippen molar-refractivity contribution >= 4 is 11.9 Å². The smallest absolute Gasteiger partial charge is 0.410 e. The van der Waals surface area contributed by atoms with Crippen molar-refractivity contribution in [2.45, 2.75) is 26.4 Å². The van der Waals surface area contributed by atoms with Crippen LogP contribution in [0.5, 0.6) is 0 Å². The number of pyridine rings is 1. The number of H-pyrrole nitrogens is 1. The fraction of sp³-hybridized carbons (Fsp3) is 0.571. The first-order chi connectivity index (χ1) is 12.4. The number of rotatable bonds is 1. The Morgan fingerprint density at radius 3 is 2.55 bits per heavy atom. The summed E-state index contributed by atoms with van der Waals surface area (Å²) in [6.07, 6.45) is -0.466. The summed E-state index contributed by atoms with van der Waals surface area (Å²) in [5.41, 5.74) is -1.79. The molecule has 1 amide bonds. The predicted octanol–water partition coefficient (Wildman–Crippen LogP) is 1.43. The van der Waals surface area contributed by atoms with Crippen LogP contribution in [-0.4, -0.2) is 47.6 Å². The summed E-state index contributed by atoms with van der Waals surface area (Å²) in [7, 11) is 0. The number of aromatic amines is 1. The number of nitrogens with zero attached hydrogens (tertiary/aromatic N) is 2. The zero-order chi connectivity index (χ0) is 21.9. The number of carbonyl (C=O) groups is 1. The van der Waals surface area contributed by atoms with Crippen LogP contribution in [0.2, 0.25) is 0 Å². The Kier molecular flexibility index (Phi) is 1.99. The second-order valence-corrected chi connectivity index (χ2v) is 5.01. The largest absolute Gasteiger partial charge is 0.444 e. The van der Waals surface area contributed by atoms with Crippen LogP contribution in [0, 0.1) is 0 Å². The standard InChI is InChI=1S/C14H21N3O3/c1-14(2,3)20-13(19)17-8-6-16(7-9-17)12-10-11(18)4-5-15-12/h4-5,10H,6-9H2,1-3H3,(H,15,18)/i6D2,7D2,8D2,9D2. The lowest BCUT2D eigenvalue weighted by Gasteiger charge is -2.36. The highest BCUT2D eigenvalue weighted by Gasteiger charge is 2.26. The molecule has 0 radical (unpaired) electrons. The van der Waals surface area contributed by atoms with E-state index in [2.05, 4.69) is 4.98 Å². The number of aromatic nitrogens is 1. The van der Waals surface area contributed by atoms with E-state index in [0.717, 1.165) is 18.3 Å². The summed E-state index contributed by atoms with van der Waals surface area (Å²) in [4.78, 5) is 26.6.